The van der Waals surface area contributed by atoms with Gasteiger partial charge in [0.05, 0.1) is 5.69 Å². The Morgan fingerprint density at radius 2 is 1.91 bits per heavy atom. The number of hydrogen-bond acceptors (Lipinski definition) is 6. The number of benzene rings is 2. The average molecular weight is 453 g/mol. The van der Waals surface area contributed by atoms with Crippen LogP contribution < -0.4 is 9.64 Å². The fourth-order valence-electron chi connectivity index (χ4n) is 3.46. The number of rotatable bonds is 6. The van der Waals surface area contributed by atoms with Crippen molar-refractivity contribution in [1.29, 1.82) is 0 Å². The summed E-state index contributed by atoms with van der Waals surface area (Å²) >= 11 is 1.51. The lowest BCUT2D eigenvalue weighted by Crippen LogP contribution is -2.37. The molecule has 32 heavy (non-hydrogen) atoms. The van der Waals surface area contributed by atoms with Gasteiger partial charge in [-0.3, -0.25) is 9.69 Å². The molecule has 2 heterocycles. The van der Waals surface area contributed by atoms with Crippen molar-refractivity contribution in [2.75, 3.05) is 10.7 Å². The number of aromatic nitrogens is 3. The molecule has 0 fully saturated rings. The highest BCUT2D eigenvalue weighted by Gasteiger charge is 2.35. The number of fused-ring (bicyclic) bond motifs is 3. The topological polar surface area (TPSA) is 68.2 Å². The molecule has 1 atom stereocenters. The zero-order valence-corrected chi connectivity index (χ0v) is 19.1. The number of ether oxygens (including phenoxy) is 1. The molecule has 1 aliphatic heterocycles. The highest BCUT2D eigenvalue weighted by molar-refractivity contribution is 7.99. The van der Waals surface area contributed by atoms with E-state index in [1.165, 1.54) is 23.9 Å². The Labute approximate surface area is 191 Å². The molecule has 8 heteroatoms. The van der Waals surface area contributed by atoms with Crippen LogP contribution >= 0.6 is 11.8 Å². The van der Waals surface area contributed by atoms with E-state index in [-0.39, 0.29) is 11.7 Å². The minimum atomic E-state index is -0.809. The summed E-state index contributed by atoms with van der Waals surface area (Å²) in [5, 5.41) is 9.23. The van der Waals surface area contributed by atoms with Crippen LogP contribution in [0.4, 0.5) is 10.1 Å². The van der Waals surface area contributed by atoms with Gasteiger partial charge in [-0.25, -0.2) is 4.39 Å². The highest BCUT2D eigenvalue weighted by atomic mass is 32.2. The van der Waals surface area contributed by atoms with E-state index in [9.17, 15) is 9.18 Å². The number of carbonyl (C=O) groups is 1. The quantitative estimate of drug-likeness (QED) is 0.450. The second-order valence-electron chi connectivity index (χ2n) is 8.01. The third kappa shape index (κ3) is 4.60. The second kappa shape index (κ2) is 9.65. The van der Waals surface area contributed by atoms with Gasteiger partial charge in [-0.15, -0.1) is 10.2 Å². The number of thioether (sulfide) groups is 1. The van der Waals surface area contributed by atoms with Crippen molar-refractivity contribution >= 4 is 23.4 Å². The normalized spacial score (nSPS) is 15.0. The van der Waals surface area contributed by atoms with Crippen molar-refractivity contribution in [1.82, 2.24) is 15.2 Å². The first-order valence-corrected chi connectivity index (χ1v) is 11.7. The molecule has 6 nitrogen and oxygen atoms in total. The van der Waals surface area contributed by atoms with Crippen LogP contribution in [0.25, 0.3) is 11.3 Å². The molecule has 4 rings (SSSR count). The van der Waals surface area contributed by atoms with Gasteiger partial charge in [0.1, 0.15) is 5.82 Å². The van der Waals surface area contributed by atoms with Gasteiger partial charge < -0.3 is 4.74 Å². The summed E-state index contributed by atoms with van der Waals surface area (Å²) in [5.41, 5.74) is 2.51. The zero-order valence-electron chi connectivity index (χ0n) is 18.3. The minimum absolute atomic E-state index is 0.0931. The van der Waals surface area contributed by atoms with Gasteiger partial charge in [-0.1, -0.05) is 62.9 Å². The zero-order chi connectivity index (χ0) is 22.7. The maximum absolute atomic E-state index is 13.6. The Balaban J connectivity index is 1.87. The summed E-state index contributed by atoms with van der Waals surface area (Å²) in [6.07, 6.45) is 0.228. The van der Waals surface area contributed by atoms with E-state index in [2.05, 4.69) is 29.0 Å². The molecule has 1 aromatic heterocycles. The fraction of sp³-hybridized carbons (Fsp3) is 0.333. The predicted octanol–water partition coefficient (Wildman–Crippen LogP) is 5.65. The van der Waals surface area contributed by atoms with Crippen molar-refractivity contribution < 1.29 is 13.9 Å². The molecule has 1 amide bonds. The van der Waals surface area contributed by atoms with Gasteiger partial charge in [0.2, 0.25) is 23.2 Å². The summed E-state index contributed by atoms with van der Waals surface area (Å²) < 4.78 is 20.0. The van der Waals surface area contributed by atoms with Gasteiger partial charge >= 0.3 is 0 Å². The van der Waals surface area contributed by atoms with Gasteiger partial charge in [-0.05, 0) is 30.5 Å². The van der Waals surface area contributed by atoms with Gasteiger partial charge in [0.25, 0.3) is 0 Å². The Kier molecular flexibility index (Phi) is 6.69. The molecule has 0 unspecified atom stereocenters. The largest absolute Gasteiger partial charge is 0.447 e. The SMILES string of the molecule is CCCC(=O)N1c2ccccc2-c2nnc(SCC(C)C)nc2O[C@@H]1c1ccc(F)cc1. The summed E-state index contributed by atoms with van der Waals surface area (Å²) in [5.74, 6) is 1.17. The van der Waals surface area contributed by atoms with E-state index in [1.807, 2.05) is 31.2 Å². The average Bonchev–Trinajstić information content (AvgIpc) is 2.92. The highest BCUT2D eigenvalue weighted by Crippen LogP contribution is 2.43. The molecule has 3 aromatic rings. The molecular formula is C24H25FN4O2S. The van der Waals surface area contributed by atoms with Crippen molar-refractivity contribution in [2.24, 2.45) is 5.92 Å². The van der Waals surface area contributed by atoms with Crippen LogP contribution in [0.1, 0.15) is 45.4 Å². The number of carbonyl (C=O) groups excluding carboxylic acids is 1. The third-order valence-electron chi connectivity index (χ3n) is 4.95. The van der Waals surface area contributed by atoms with Crippen molar-refractivity contribution in [3.05, 3.63) is 59.9 Å². The van der Waals surface area contributed by atoms with Crippen LogP contribution in [-0.2, 0) is 4.79 Å². The van der Waals surface area contributed by atoms with Gasteiger partial charge in [-0.2, -0.15) is 4.98 Å². The standard InChI is InChI=1S/C24H25FN4O2S/c1-4-7-20(30)29-19-9-6-5-8-18(19)21-22(26-24(28-27-21)32-14-15(2)3)31-23(29)16-10-12-17(25)13-11-16/h5-6,8-13,15,23H,4,7,14H2,1-3H3/t23-/m1/s1. The molecule has 2 aromatic carbocycles. The van der Waals surface area contributed by atoms with Gasteiger partial charge in [0.15, 0.2) is 5.69 Å². The number of anilines is 1. The minimum Gasteiger partial charge on any atom is -0.447 e. The summed E-state index contributed by atoms with van der Waals surface area (Å²) in [4.78, 5) is 19.5. The Hall–Kier alpha value is -3.00. The van der Waals surface area contributed by atoms with E-state index in [0.29, 0.717) is 46.7 Å². The molecule has 166 valence electrons. The first-order chi connectivity index (χ1) is 15.5. The number of hydrogen-bond donors (Lipinski definition) is 0. The van der Waals surface area contributed by atoms with E-state index in [4.69, 9.17) is 4.74 Å². The van der Waals surface area contributed by atoms with Crippen molar-refractivity contribution in [3.63, 3.8) is 0 Å². The Bertz CT molecular complexity index is 1110. The number of nitrogens with zero attached hydrogens (tertiary/aromatic N) is 4. The van der Waals surface area contributed by atoms with Crippen LogP contribution in [0.2, 0.25) is 0 Å². The second-order valence-corrected chi connectivity index (χ2v) is 8.99. The smallest absolute Gasteiger partial charge is 0.247 e. The van der Waals surface area contributed by atoms with Crippen LogP contribution in [-0.4, -0.2) is 26.8 Å². The van der Waals surface area contributed by atoms with E-state index < -0.39 is 6.23 Å². The molecule has 0 saturated carbocycles. The molecule has 0 bridgehead atoms. The molecule has 0 radical (unpaired) electrons. The monoisotopic (exact) mass is 452 g/mol. The summed E-state index contributed by atoms with van der Waals surface area (Å²) in [6.45, 7) is 6.20. The lowest BCUT2D eigenvalue weighted by atomic mass is 10.1. The van der Waals surface area contributed by atoms with Crippen LogP contribution in [0.5, 0.6) is 5.88 Å². The molecule has 1 aliphatic rings. The Morgan fingerprint density at radius 3 is 2.62 bits per heavy atom. The van der Waals surface area contributed by atoms with E-state index >= 15 is 0 Å². The lowest BCUT2D eigenvalue weighted by Gasteiger charge is -2.30. The van der Waals surface area contributed by atoms with Crippen LogP contribution in [0.15, 0.2) is 53.7 Å². The van der Waals surface area contributed by atoms with Crippen LogP contribution in [0.3, 0.4) is 0 Å². The van der Waals surface area contributed by atoms with Crippen LogP contribution in [0, 0.1) is 11.7 Å². The number of amides is 1. The molecular weight excluding hydrogens is 427 g/mol. The van der Waals surface area contributed by atoms with Gasteiger partial charge in [0, 0.05) is 23.3 Å². The molecule has 0 aliphatic carbocycles. The lowest BCUT2D eigenvalue weighted by molar-refractivity contribution is -0.120. The van der Waals surface area contributed by atoms with E-state index in [0.717, 1.165) is 11.3 Å². The molecule has 0 N–H and O–H groups in total. The maximum Gasteiger partial charge on any atom is 0.247 e. The third-order valence-corrected chi connectivity index (χ3v) is 6.21. The van der Waals surface area contributed by atoms with Crippen molar-refractivity contribution in [2.45, 2.75) is 45.0 Å². The molecule has 0 spiro atoms. The van der Waals surface area contributed by atoms with E-state index in [1.54, 1.807) is 17.0 Å². The Morgan fingerprint density at radius 1 is 1.16 bits per heavy atom. The summed E-state index contributed by atoms with van der Waals surface area (Å²) in [7, 11) is 0. The predicted molar refractivity (Wildman–Crippen MR) is 123 cm³/mol. The maximum atomic E-state index is 13.6. The first kappa shape index (κ1) is 22.2. The van der Waals surface area contributed by atoms with Crippen molar-refractivity contribution in [3.8, 4) is 17.1 Å². The fourth-order valence-corrected chi connectivity index (χ4v) is 4.19. The first-order valence-electron chi connectivity index (χ1n) is 10.7. The number of para-hydroxylation sites is 1. The molecule has 0 saturated heterocycles. The number of halogens is 1. The summed E-state index contributed by atoms with van der Waals surface area (Å²) in [6, 6.07) is 13.5.